The second-order valence-corrected chi connectivity index (χ2v) is 8.68. The molecule has 0 amide bonds. The minimum absolute atomic E-state index is 0.223. The fraction of sp³-hybridized carbons (Fsp3) is 0.185. The van der Waals surface area contributed by atoms with E-state index in [4.69, 9.17) is 23.2 Å². The largest absolute Gasteiger partial charge is 0.337 e. The van der Waals surface area contributed by atoms with Crippen molar-refractivity contribution in [1.82, 2.24) is 14.5 Å². The van der Waals surface area contributed by atoms with E-state index in [2.05, 4.69) is 9.97 Å². The molecule has 0 N–H and O–H groups in total. The Morgan fingerprint density at radius 2 is 1.91 bits per heavy atom. The van der Waals surface area contributed by atoms with Gasteiger partial charge in [0.25, 0.3) is 0 Å². The van der Waals surface area contributed by atoms with Crippen LogP contribution in [-0.2, 0) is 7.05 Å². The van der Waals surface area contributed by atoms with Gasteiger partial charge in [0.1, 0.15) is 5.15 Å². The van der Waals surface area contributed by atoms with Crippen molar-refractivity contribution >= 4 is 34.1 Å². The summed E-state index contributed by atoms with van der Waals surface area (Å²) in [5, 5.41) is 1.69. The Hall–Kier alpha value is -2.95. The molecule has 0 aliphatic carbocycles. The lowest BCUT2D eigenvalue weighted by atomic mass is 9.86. The summed E-state index contributed by atoms with van der Waals surface area (Å²) in [6, 6.07) is 15.7. The summed E-state index contributed by atoms with van der Waals surface area (Å²) < 4.78 is 16.0. The first-order valence-corrected chi connectivity index (χ1v) is 11.5. The molecule has 168 valence electrons. The number of pyridine rings is 1. The summed E-state index contributed by atoms with van der Waals surface area (Å²) in [6.45, 7) is 3.50. The summed E-state index contributed by atoms with van der Waals surface area (Å²) in [6.07, 6.45) is 7.97. The van der Waals surface area contributed by atoms with Crippen molar-refractivity contribution in [2.45, 2.75) is 26.2 Å². The lowest BCUT2D eigenvalue weighted by molar-refractivity contribution is 0.637. The number of nitrogens with zero attached hydrogens (tertiary/aromatic N) is 3. The van der Waals surface area contributed by atoms with Crippen LogP contribution in [0.1, 0.15) is 37.4 Å². The van der Waals surface area contributed by atoms with Crippen LogP contribution in [0.2, 0.25) is 10.2 Å². The molecule has 0 bridgehead atoms. The number of rotatable bonds is 6. The molecule has 2 heterocycles. The van der Waals surface area contributed by atoms with E-state index in [1.165, 1.54) is 6.92 Å². The Kier molecular flexibility index (Phi) is 6.96. The number of halogens is 3. The monoisotopic (exact) mass is 479 g/mol. The van der Waals surface area contributed by atoms with E-state index < -0.39 is 0 Å². The van der Waals surface area contributed by atoms with Gasteiger partial charge in [-0.3, -0.25) is 0 Å². The average Bonchev–Trinajstić information content (AvgIpc) is 3.20. The molecule has 33 heavy (non-hydrogen) atoms. The fourth-order valence-electron chi connectivity index (χ4n) is 4.15. The normalized spacial score (nSPS) is 13.5. The van der Waals surface area contributed by atoms with Crippen molar-refractivity contribution in [2.24, 2.45) is 7.05 Å². The predicted molar refractivity (Wildman–Crippen MR) is 135 cm³/mol. The summed E-state index contributed by atoms with van der Waals surface area (Å²) in [7, 11) is 1.94. The number of hydrogen-bond donors (Lipinski definition) is 0. The first kappa shape index (κ1) is 23.2. The number of hydrogen-bond acceptors (Lipinski definition) is 2. The van der Waals surface area contributed by atoms with Gasteiger partial charge in [0.2, 0.25) is 0 Å². The van der Waals surface area contributed by atoms with Gasteiger partial charge in [0.05, 0.1) is 28.6 Å². The van der Waals surface area contributed by atoms with Crippen molar-refractivity contribution in [3.63, 3.8) is 0 Å². The second-order valence-electron chi connectivity index (χ2n) is 7.94. The molecule has 4 rings (SSSR count). The Morgan fingerprint density at radius 1 is 1.15 bits per heavy atom. The van der Waals surface area contributed by atoms with Gasteiger partial charge in [0, 0.05) is 29.9 Å². The quantitative estimate of drug-likeness (QED) is 0.205. The van der Waals surface area contributed by atoms with Crippen LogP contribution in [-0.4, -0.2) is 14.5 Å². The maximum absolute atomic E-state index is 14.0. The highest BCUT2D eigenvalue weighted by molar-refractivity contribution is 6.42. The van der Waals surface area contributed by atoms with Gasteiger partial charge in [-0.05, 0) is 48.3 Å². The summed E-state index contributed by atoms with van der Waals surface area (Å²) in [4.78, 5) is 8.90. The lowest BCUT2D eigenvalue weighted by Gasteiger charge is -2.21. The van der Waals surface area contributed by atoms with Gasteiger partial charge in [-0.15, -0.1) is 0 Å². The number of aryl methyl sites for hydroxylation is 1. The van der Waals surface area contributed by atoms with Crippen LogP contribution in [0.15, 0.2) is 84.6 Å². The third-order valence-corrected chi connectivity index (χ3v) is 6.25. The van der Waals surface area contributed by atoms with E-state index in [0.717, 1.165) is 34.2 Å². The van der Waals surface area contributed by atoms with Crippen molar-refractivity contribution in [1.29, 1.82) is 0 Å². The highest BCUT2D eigenvalue weighted by Crippen LogP contribution is 2.41. The maximum atomic E-state index is 14.0. The number of imidazole rings is 1. The molecule has 2 aromatic carbocycles. The van der Waals surface area contributed by atoms with E-state index in [-0.39, 0.29) is 11.7 Å². The molecule has 2 aromatic heterocycles. The Labute approximate surface area is 203 Å². The van der Waals surface area contributed by atoms with Gasteiger partial charge in [0.15, 0.2) is 0 Å². The standard InChI is InChI=1S/C27H24Cl2FN3/c1-4-8-19(13-17(2)30)24(23-15-31-16-33(23)3)20-11-12-22-21(14-20)26(28)25(27(29)32-22)18-9-6-5-7-10-18/h5-16,24H,4H2,1-3H3/b17-13+,19-8+. The third-order valence-electron chi connectivity index (χ3n) is 5.59. The molecule has 0 aliphatic heterocycles. The topological polar surface area (TPSA) is 30.7 Å². The molecular formula is C27H24Cl2FN3. The van der Waals surface area contributed by atoms with Crippen LogP contribution in [0.3, 0.4) is 0 Å². The molecule has 6 heteroatoms. The zero-order valence-electron chi connectivity index (χ0n) is 18.7. The van der Waals surface area contributed by atoms with E-state index in [1.807, 2.05) is 79.3 Å². The molecule has 1 unspecified atom stereocenters. The third kappa shape index (κ3) is 4.73. The Balaban J connectivity index is 1.96. The molecule has 0 aliphatic rings. The summed E-state index contributed by atoms with van der Waals surface area (Å²) in [5.74, 6) is -0.472. The van der Waals surface area contributed by atoms with Gasteiger partial charge < -0.3 is 4.57 Å². The van der Waals surface area contributed by atoms with Gasteiger partial charge in [-0.1, -0.05) is 72.6 Å². The highest BCUT2D eigenvalue weighted by Gasteiger charge is 2.23. The van der Waals surface area contributed by atoms with Gasteiger partial charge in [-0.25, -0.2) is 14.4 Å². The zero-order chi connectivity index (χ0) is 23.5. The minimum Gasteiger partial charge on any atom is -0.337 e. The smallest absolute Gasteiger partial charge is 0.139 e. The van der Waals surface area contributed by atoms with Gasteiger partial charge >= 0.3 is 0 Å². The molecule has 0 fully saturated rings. The first-order valence-electron chi connectivity index (χ1n) is 10.7. The van der Waals surface area contributed by atoms with Crippen LogP contribution in [0.4, 0.5) is 4.39 Å². The minimum atomic E-state index is -0.250. The van der Waals surface area contributed by atoms with Crippen LogP contribution >= 0.6 is 23.2 Å². The average molecular weight is 480 g/mol. The van der Waals surface area contributed by atoms with E-state index >= 15 is 0 Å². The van der Waals surface area contributed by atoms with Crippen LogP contribution < -0.4 is 0 Å². The van der Waals surface area contributed by atoms with Gasteiger partial charge in [-0.2, -0.15) is 0 Å². The Morgan fingerprint density at radius 3 is 2.55 bits per heavy atom. The highest BCUT2D eigenvalue weighted by atomic mass is 35.5. The second kappa shape index (κ2) is 9.90. The molecule has 0 saturated carbocycles. The zero-order valence-corrected chi connectivity index (χ0v) is 20.2. The molecule has 3 nitrogen and oxygen atoms in total. The lowest BCUT2D eigenvalue weighted by Crippen LogP contribution is -2.09. The van der Waals surface area contributed by atoms with E-state index in [0.29, 0.717) is 21.3 Å². The molecule has 4 aromatic rings. The maximum Gasteiger partial charge on any atom is 0.139 e. The molecular weight excluding hydrogens is 456 g/mol. The molecule has 1 atom stereocenters. The van der Waals surface area contributed by atoms with Crippen molar-refractivity contribution in [3.8, 4) is 11.1 Å². The molecule has 0 radical (unpaired) electrons. The van der Waals surface area contributed by atoms with Crippen molar-refractivity contribution in [3.05, 3.63) is 106 Å². The number of fused-ring (bicyclic) bond motifs is 1. The summed E-state index contributed by atoms with van der Waals surface area (Å²) >= 11 is 13.4. The van der Waals surface area contributed by atoms with Crippen molar-refractivity contribution in [2.75, 3.05) is 0 Å². The van der Waals surface area contributed by atoms with Crippen LogP contribution in [0, 0.1) is 0 Å². The number of benzene rings is 2. The molecule has 0 spiro atoms. The predicted octanol–water partition coefficient (Wildman–Crippen LogP) is 8.28. The number of aromatic nitrogens is 3. The number of allylic oxidation sites excluding steroid dienone is 4. The fourth-order valence-corrected chi connectivity index (χ4v) is 4.84. The summed E-state index contributed by atoms with van der Waals surface area (Å²) in [5.41, 5.74) is 5.08. The van der Waals surface area contributed by atoms with Crippen LogP contribution in [0.5, 0.6) is 0 Å². The molecule has 0 saturated heterocycles. The first-order chi connectivity index (χ1) is 15.9. The Bertz CT molecular complexity index is 1350. The van der Waals surface area contributed by atoms with E-state index in [1.54, 1.807) is 12.4 Å². The van der Waals surface area contributed by atoms with Crippen LogP contribution in [0.25, 0.3) is 22.0 Å². The van der Waals surface area contributed by atoms with Crippen molar-refractivity contribution < 1.29 is 4.39 Å². The SMILES string of the molecule is CC/C=C(\C=C(/C)F)C(c1ccc2nc(Cl)c(-c3ccccc3)c(Cl)c2c1)c1cncn1C. The van der Waals surface area contributed by atoms with E-state index in [9.17, 15) is 4.39 Å².